The van der Waals surface area contributed by atoms with Crippen LogP contribution in [-0.4, -0.2) is 38.4 Å². The van der Waals surface area contributed by atoms with Crippen LogP contribution < -0.4 is 9.80 Å². The highest BCUT2D eigenvalue weighted by molar-refractivity contribution is 5.65. The first-order chi connectivity index (χ1) is 17.2. The summed E-state index contributed by atoms with van der Waals surface area (Å²) in [5, 5.41) is 25.1. The zero-order valence-corrected chi connectivity index (χ0v) is 21.7. The van der Waals surface area contributed by atoms with Gasteiger partial charge in [0.25, 0.3) is 0 Å². The fourth-order valence-corrected chi connectivity index (χ4v) is 5.74. The summed E-state index contributed by atoms with van der Waals surface area (Å²) in [6.07, 6.45) is 6.73. The molecule has 3 aromatic rings. The zero-order chi connectivity index (χ0) is 25.5. The number of para-hydroxylation sites is 2. The van der Waals surface area contributed by atoms with Gasteiger partial charge in [-0.25, -0.2) is 0 Å². The molecule has 0 saturated carbocycles. The summed E-state index contributed by atoms with van der Waals surface area (Å²) in [5.41, 5.74) is 5.10. The number of aryl methyl sites for hydroxylation is 2. The van der Waals surface area contributed by atoms with Gasteiger partial charge >= 0.3 is 0 Å². The minimum Gasteiger partial charge on any atom is -0.377 e. The second-order valence-electron chi connectivity index (χ2n) is 10.5. The first-order valence-corrected chi connectivity index (χ1v) is 12.7. The van der Waals surface area contributed by atoms with Crippen LogP contribution in [0.15, 0.2) is 96.1 Å². The van der Waals surface area contributed by atoms with Gasteiger partial charge in [-0.2, -0.15) is 0 Å². The molecule has 2 atom stereocenters. The third kappa shape index (κ3) is 4.15. The maximum atomic E-state index is 12.5. The number of hydrogen-bond donors (Lipinski definition) is 2. The minimum atomic E-state index is -1.31. The lowest BCUT2D eigenvalue weighted by atomic mass is 9.68. The summed E-state index contributed by atoms with van der Waals surface area (Å²) in [5.74, 6) is 0. The maximum Gasteiger partial charge on any atom is 0.132 e. The van der Waals surface area contributed by atoms with Gasteiger partial charge in [0.1, 0.15) is 11.2 Å². The van der Waals surface area contributed by atoms with Crippen molar-refractivity contribution in [1.82, 2.24) is 0 Å². The normalized spacial score (nSPS) is 23.4. The van der Waals surface area contributed by atoms with Gasteiger partial charge in [-0.1, -0.05) is 60.7 Å². The summed E-state index contributed by atoms with van der Waals surface area (Å²) >= 11 is 0. The Bertz CT molecular complexity index is 1220. The Morgan fingerprint density at radius 3 is 1.25 bits per heavy atom. The molecule has 5 aliphatic carbocycles. The van der Waals surface area contributed by atoms with E-state index in [4.69, 9.17) is 0 Å². The summed E-state index contributed by atoms with van der Waals surface area (Å²) < 4.78 is 0. The van der Waals surface area contributed by atoms with Gasteiger partial charge < -0.3 is 20.0 Å². The van der Waals surface area contributed by atoms with Crippen molar-refractivity contribution in [1.29, 1.82) is 0 Å². The van der Waals surface area contributed by atoms with Crippen molar-refractivity contribution < 1.29 is 10.2 Å². The fourth-order valence-electron chi connectivity index (χ4n) is 5.74. The molecule has 8 rings (SSSR count). The molecule has 186 valence electrons. The van der Waals surface area contributed by atoms with Crippen LogP contribution in [-0.2, 0) is 24.0 Å². The Labute approximate surface area is 214 Å². The molecule has 4 bridgehead atoms. The van der Waals surface area contributed by atoms with E-state index >= 15 is 0 Å². The van der Waals surface area contributed by atoms with Crippen LogP contribution in [0.2, 0.25) is 0 Å². The molecule has 0 heterocycles. The SMILES string of the molecule is CN(C)c1ccccc1[C@@]1(O)C=C2CCc3ccc(cc3)CCC1=C[C@@]2(O)c1ccccc1N(C)C. The van der Waals surface area contributed by atoms with Crippen LogP contribution in [0.4, 0.5) is 11.4 Å². The lowest BCUT2D eigenvalue weighted by Crippen LogP contribution is -2.40. The predicted molar refractivity (Wildman–Crippen MR) is 149 cm³/mol. The van der Waals surface area contributed by atoms with Gasteiger partial charge in [0.2, 0.25) is 0 Å². The summed E-state index contributed by atoms with van der Waals surface area (Å²) in [6.45, 7) is 0. The number of hydrogen-bond acceptors (Lipinski definition) is 4. The van der Waals surface area contributed by atoms with Gasteiger partial charge in [0.15, 0.2) is 0 Å². The van der Waals surface area contributed by atoms with Crippen molar-refractivity contribution in [2.24, 2.45) is 0 Å². The van der Waals surface area contributed by atoms with Crippen molar-refractivity contribution in [2.45, 2.75) is 36.9 Å². The number of aliphatic hydroxyl groups is 2. The van der Waals surface area contributed by atoms with Gasteiger partial charge in [0, 0.05) is 50.7 Å². The number of nitrogens with zero attached hydrogens (tertiary/aromatic N) is 2. The molecule has 0 radical (unpaired) electrons. The Balaban J connectivity index is 1.76. The average molecular weight is 481 g/mol. The van der Waals surface area contributed by atoms with Crippen LogP contribution in [0.3, 0.4) is 0 Å². The number of anilines is 2. The van der Waals surface area contributed by atoms with E-state index < -0.39 is 11.2 Å². The Kier molecular flexibility index (Phi) is 6.27. The monoisotopic (exact) mass is 480 g/mol. The first-order valence-electron chi connectivity index (χ1n) is 12.7. The van der Waals surface area contributed by atoms with Gasteiger partial charge in [-0.15, -0.1) is 0 Å². The van der Waals surface area contributed by atoms with Crippen molar-refractivity contribution in [3.05, 3.63) is 118 Å². The summed E-state index contributed by atoms with van der Waals surface area (Å²) in [6, 6.07) is 24.8. The highest BCUT2D eigenvalue weighted by atomic mass is 16.3. The van der Waals surface area contributed by atoms with E-state index in [0.717, 1.165) is 46.5 Å². The van der Waals surface area contributed by atoms with E-state index in [1.165, 1.54) is 11.1 Å². The molecular formula is C32H36N2O2. The topological polar surface area (TPSA) is 46.9 Å². The quantitative estimate of drug-likeness (QED) is 0.495. The lowest BCUT2D eigenvalue weighted by molar-refractivity contribution is 0.0815. The van der Waals surface area contributed by atoms with Crippen LogP contribution in [0.1, 0.15) is 35.1 Å². The van der Waals surface area contributed by atoms with Crippen LogP contribution in [0.25, 0.3) is 0 Å². The summed E-state index contributed by atoms with van der Waals surface area (Å²) in [4.78, 5) is 4.09. The predicted octanol–water partition coefficient (Wildman–Crippen LogP) is 5.34. The number of rotatable bonds is 4. The van der Waals surface area contributed by atoms with Gasteiger partial charge in [-0.3, -0.25) is 0 Å². The second kappa shape index (κ2) is 9.27. The maximum absolute atomic E-state index is 12.5. The molecule has 4 heteroatoms. The molecule has 2 N–H and O–H groups in total. The third-order valence-corrected chi connectivity index (χ3v) is 7.73. The van der Waals surface area contributed by atoms with Crippen molar-refractivity contribution >= 4 is 11.4 Å². The lowest BCUT2D eigenvalue weighted by Gasteiger charge is -2.43. The molecular weight excluding hydrogens is 444 g/mol. The molecule has 0 fully saturated rings. The van der Waals surface area contributed by atoms with E-state index in [9.17, 15) is 10.2 Å². The fraction of sp³-hybridized carbons (Fsp3) is 0.312. The highest BCUT2D eigenvalue weighted by Crippen LogP contribution is 2.50. The smallest absolute Gasteiger partial charge is 0.132 e. The molecule has 0 aromatic heterocycles. The molecule has 0 spiro atoms. The molecule has 0 saturated heterocycles. The summed E-state index contributed by atoms with van der Waals surface area (Å²) in [7, 11) is 8.01. The van der Waals surface area contributed by atoms with Crippen molar-refractivity contribution in [2.75, 3.05) is 38.0 Å². The third-order valence-electron chi connectivity index (χ3n) is 7.73. The Morgan fingerprint density at radius 1 is 0.528 bits per heavy atom. The van der Waals surface area contributed by atoms with E-state index in [-0.39, 0.29) is 0 Å². The first kappa shape index (κ1) is 24.4. The van der Waals surface area contributed by atoms with Crippen molar-refractivity contribution in [3.8, 4) is 0 Å². The van der Waals surface area contributed by atoms with E-state index in [1.807, 2.05) is 98.7 Å². The Hall–Kier alpha value is -3.34. The van der Waals surface area contributed by atoms with Crippen LogP contribution >= 0.6 is 0 Å². The highest BCUT2D eigenvalue weighted by Gasteiger charge is 2.45. The van der Waals surface area contributed by atoms with Gasteiger partial charge in [-0.05, 0) is 72.2 Å². The molecule has 3 aromatic carbocycles. The van der Waals surface area contributed by atoms with E-state index in [1.54, 1.807) is 0 Å². The minimum absolute atomic E-state index is 0.633. The number of benzene rings is 3. The largest absolute Gasteiger partial charge is 0.377 e. The molecule has 0 amide bonds. The standard InChI is InChI=1S/C32H36N2O2/c1-33(2)29-11-7-5-9-27(29)31(35)21-26-20-18-24-15-13-23(14-16-24)17-19-25(31)22-32(26,36)28-10-6-8-12-30(28)34(3)4/h5-16,21-22,35-36H,17-20H2,1-4H3/t31-,32+. The van der Waals surface area contributed by atoms with Crippen molar-refractivity contribution in [3.63, 3.8) is 0 Å². The molecule has 0 unspecified atom stereocenters. The molecule has 0 aliphatic heterocycles. The Morgan fingerprint density at radius 2 is 0.889 bits per heavy atom. The zero-order valence-electron chi connectivity index (χ0n) is 21.7. The van der Waals surface area contributed by atoms with Gasteiger partial charge in [0.05, 0.1) is 0 Å². The second-order valence-corrected chi connectivity index (χ2v) is 10.5. The average Bonchev–Trinajstić information content (AvgIpc) is 2.87. The van der Waals surface area contributed by atoms with Crippen LogP contribution in [0.5, 0.6) is 0 Å². The molecule has 5 aliphatic rings. The molecule has 36 heavy (non-hydrogen) atoms. The van der Waals surface area contributed by atoms with E-state index in [0.29, 0.717) is 12.8 Å². The van der Waals surface area contributed by atoms with E-state index in [2.05, 4.69) is 24.3 Å². The van der Waals surface area contributed by atoms with Crippen LogP contribution in [0, 0.1) is 0 Å². The molecule has 4 nitrogen and oxygen atoms in total.